The molecule has 0 fully saturated rings. The molecular formula is C17H20F3N3OS. The van der Waals surface area contributed by atoms with Gasteiger partial charge in [0.25, 0.3) is 0 Å². The fourth-order valence-corrected chi connectivity index (χ4v) is 3.01. The highest BCUT2D eigenvalue weighted by atomic mass is 32.1. The average molecular weight is 371 g/mol. The van der Waals surface area contributed by atoms with E-state index in [1.54, 1.807) is 17.8 Å². The molecular weight excluding hydrogens is 351 g/mol. The maximum atomic E-state index is 12.7. The van der Waals surface area contributed by atoms with Crippen LogP contribution in [0.1, 0.15) is 30.2 Å². The number of unbranched alkanes of at least 4 members (excludes halogenated alkanes) is 1. The molecule has 25 heavy (non-hydrogen) atoms. The van der Waals surface area contributed by atoms with E-state index in [1.165, 1.54) is 28.4 Å². The van der Waals surface area contributed by atoms with Gasteiger partial charge in [-0.05, 0) is 37.6 Å². The van der Waals surface area contributed by atoms with Crippen LogP contribution in [-0.4, -0.2) is 29.1 Å². The van der Waals surface area contributed by atoms with E-state index in [1.807, 2.05) is 13.8 Å². The standard InChI is InChI=1S/C17H20F3N3OS/c1-4-5-10-22(3)15(24)21-16-23(11-12(2)25-16)14-8-6-13(7-9-14)17(18,19)20/h6-9,11H,4-5,10H2,1-3H3. The predicted octanol–water partition coefficient (Wildman–Crippen LogP) is 4.62. The lowest BCUT2D eigenvalue weighted by atomic mass is 10.2. The van der Waals surface area contributed by atoms with Crippen molar-refractivity contribution in [1.82, 2.24) is 9.47 Å². The summed E-state index contributed by atoms with van der Waals surface area (Å²) >= 11 is 1.32. The molecule has 0 bridgehead atoms. The highest BCUT2D eigenvalue weighted by molar-refractivity contribution is 7.09. The lowest BCUT2D eigenvalue weighted by Crippen LogP contribution is -2.27. The van der Waals surface area contributed by atoms with Crippen LogP contribution in [0.25, 0.3) is 5.69 Å². The molecule has 2 rings (SSSR count). The number of alkyl halides is 3. The monoisotopic (exact) mass is 371 g/mol. The van der Waals surface area contributed by atoms with Crippen LogP contribution >= 0.6 is 11.3 Å². The number of halogens is 3. The number of thiazole rings is 1. The van der Waals surface area contributed by atoms with Gasteiger partial charge in [0, 0.05) is 30.4 Å². The van der Waals surface area contributed by atoms with Crippen LogP contribution in [0.2, 0.25) is 0 Å². The van der Waals surface area contributed by atoms with Crippen LogP contribution in [0.4, 0.5) is 18.0 Å². The molecule has 1 heterocycles. The maximum absolute atomic E-state index is 12.7. The third-order valence-electron chi connectivity index (χ3n) is 3.61. The average Bonchev–Trinajstić information content (AvgIpc) is 2.92. The molecule has 0 atom stereocenters. The van der Waals surface area contributed by atoms with Gasteiger partial charge in [-0.25, -0.2) is 4.79 Å². The summed E-state index contributed by atoms with van der Waals surface area (Å²) in [5, 5.41) is 0. The molecule has 4 nitrogen and oxygen atoms in total. The van der Waals surface area contributed by atoms with E-state index in [2.05, 4.69) is 4.99 Å². The van der Waals surface area contributed by atoms with Gasteiger partial charge in [0.2, 0.25) is 0 Å². The Morgan fingerprint density at radius 2 is 1.92 bits per heavy atom. The fraction of sp³-hybridized carbons (Fsp3) is 0.412. The molecule has 0 aliphatic heterocycles. The highest BCUT2D eigenvalue weighted by Crippen LogP contribution is 2.29. The number of rotatable bonds is 4. The van der Waals surface area contributed by atoms with Crippen LogP contribution in [0, 0.1) is 6.92 Å². The first-order valence-corrected chi connectivity index (χ1v) is 8.70. The number of hydrogen-bond acceptors (Lipinski definition) is 2. The molecule has 0 spiro atoms. The van der Waals surface area contributed by atoms with Crippen LogP contribution in [0.3, 0.4) is 0 Å². The van der Waals surface area contributed by atoms with Crippen LogP contribution < -0.4 is 4.80 Å². The Labute approximate surface area is 148 Å². The molecule has 1 aromatic carbocycles. The smallest absolute Gasteiger partial charge is 0.326 e. The molecule has 1 aromatic heterocycles. The SMILES string of the molecule is CCCCN(C)C(=O)N=c1sc(C)cn1-c1ccc(C(F)(F)F)cc1. The Morgan fingerprint density at radius 3 is 2.48 bits per heavy atom. The highest BCUT2D eigenvalue weighted by Gasteiger charge is 2.30. The zero-order valence-electron chi connectivity index (χ0n) is 14.3. The van der Waals surface area contributed by atoms with Crippen molar-refractivity contribution in [2.24, 2.45) is 4.99 Å². The van der Waals surface area contributed by atoms with Gasteiger partial charge in [-0.3, -0.25) is 4.57 Å². The Hall–Kier alpha value is -2.09. The Bertz CT molecular complexity index is 791. The number of carbonyl (C=O) groups is 1. The van der Waals surface area contributed by atoms with Crippen molar-refractivity contribution in [3.63, 3.8) is 0 Å². The number of amides is 2. The van der Waals surface area contributed by atoms with E-state index < -0.39 is 11.7 Å². The number of benzene rings is 1. The third kappa shape index (κ3) is 4.94. The first-order valence-electron chi connectivity index (χ1n) is 7.89. The number of aryl methyl sites for hydroxylation is 1. The van der Waals surface area contributed by atoms with Crippen molar-refractivity contribution in [3.05, 3.63) is 45.7 Å². The summed E-state index contributed by atoms with van der Waals surface area (Å²) in [5.74, 6) is 0. The fourth-order valence-electron chi connectivity index (χ4n) is 2.19. The summed E-state index contributed by atoms with van der Waals surface area (Å²) in [6, 6.07) is 4.43. The van der Waals surface area contributed by atoms with Crippen LogP contribution in [0.5, 0.6) is 0 Å². The summed E-state index contributed by atoms with van der Waals surface area (Å²) in [4.78, 5) is 19.2. The molecule has 0 radical (unpaired) electrons. The second-order valence-electron chi connectivity index (χ2n) is 5.71. The Kier molecular flexibility index (Phi) is 6.05. The second-order valence-corrected chi connectivity index (χ2v) is 6.92. The van der Waals surface area contributed by atoms with Gasteiger partial charge in [0.15, 0.2) is 4.80 Å². The van der Waals surface area contributed by atoms with Gasteiger partial charge >= 0.3 is 12.2 Å². The number of nitrogens with zero attached hydrogens (tertiary/aromatic N) is 3. The number of aromatic nitrogens is 1. The Morgan fingerprint density at radius 1 is 1.28 bits per heavy atom. The second kappa shape index (κ2) is 7.86. The van der Waals surface area contributed by atoms with Gasteiger partial charge in [-0.1, -0.05) is 13.3 Å². The summed E-state index contributed by atoms with van der Waals surface area (Å²) in [6.45, 7) is 4.51. The molecule has 2 amide bonds. The first kappa shape index (κ1) is 19.2. The summed E-state index contributed by atoms with van der Waals surface area (Å²) in [7, 11) is 1.68. The summed E-state index contributed by atoms with van der Waals surface area (Å²) < 4.78 is 39.7. The zero-order valence-corrected chi connectivity index (χ0v) is 15.1. The van der Waals surface area contributed by atoms with E-state index in [-0.39, 0.29) is 6.03 Å². The van der Waals surface area contributed by atoms with Gasteiger partial charge in [-0.2, -0.15) is 18.2 Å². The molecule has 0 saturated carbocycles. The lowest BCUT2D eigenvalue weighted by Gasteiger charge is -2.13. The van der Waals surface area contributed by atoms with Crippen molar-refractivity contribution in [1.29, 1.82) is 0 Å². The number of carbonyl (C=O) groups excluding carboxylic acids is 1. The molecule has 8 heteroatoms. The molecule has 0 saturated heterocycles. The summed E-state index contributed by atoms with van der Waals surface area (Å²) in [5.41, 5.74) is -0.183. The minimum atomic E-state index is -4.38. The van der Waals surface area contributed by atoms with Crippen molar-refractivity contribution in [2.75, 3.05) is 13.6 Å². The quantitative estimate of drug-likeness (QED) is 0.773. The van der Waals surface area contributed by atoms with Gasteiger partial charge < -0.3 is 4.90 Å². The van der Waals surface area contributed by atoms with Crippen molar-refractivity contribution in [2.45, 2.75) is 32.9 Å². The molecule has 0 unspecified atom stereocenters. The molecule has 0 N–H and O–H groups in total. The first-order chi connectivity index (χ1) is 11.7. The van der Waals surface area contributed by atoms with E-state index in [4.69, 9.17) is 0 Å². The molecule has 0 aliphatic rings. The molecule has 0 aliphatic carbocycles. The maximum Gasteiger partial charge on any atom is 0.416 e. The summed E-state index contributed by atoms with van der Waals surface area (Å²) in [6.07, 6.45) is -0.758. The van der Waals surface area contributed by atoms with Crippen molar-refractivity contribution in [3.8, 4) is 5.69 Å². The Balaban J connectivity index is 2.35. The largest absolute Gasteiger partial charge is 0.416 e. The van der Waals surface area contributed by atoms with Crippen LogP contribution in [0.15, 0.2) is 35.5 Å². The minimum Gasteiger partial charge on any atom is -0.326 e. The molecule has 136 valence electrons. The topological polar surface area (TPSA) is 37.6 Å². The van der Waals surface area contributed by atoms with Crippen molar-refractivity contribution < 1.29 is 18.0 Å². The lowest BCUT2D eigenvalue weighted by molar-refractivity contribution is -0.137. The predicted molar refractivity (Wildman–Crippen MR) is 91.9 cm³/mol. The zero-order chi connectivity index (χ0) is 18.6. The van der Waals surface area contributed by atoms with E-state index in [9.17, 15) is 18.0 Å². The van der Waals surface area contributed by atoms with Gasteiger partial charge in [0.05, 0.1) is 5.56 Å². The minimum absolute atomic E-state index is 0.365. The third-order valence-corrected chi connectivity index (χ3v) is 4.50. The molecule has 2 aromatic rings. The van der Waals surface area contributed by atoms with Gasteiger partial charge in [0.1, 0.15) is 0 Å². The van der Waals surface area contributed by atoms with Crippen LogP contribution in [-0.2, 0) is 6.18 Å². The van der Waals surface area contributed by atoms with E-state index in [0.717, 1.165) is 29.9 Å². The normalized spacial score (nSPS) is 12.5. The van der Waals surface area contributed by atoms with E-state index in [0.29, 0.717) is 17.0 Å². The van der Waals surface area contributed by atoms with Gasteiger partial charge in [-0.15, -0.1) is 11.3 Å². The van der Waals surface area contributed by atoms with Crippen molar-refractivity contribution >= 4 is 17.4 Å². The number of hydrogen-bond donors (Lipinski definition) is 0. The number of urea groups is 1. The van der Waals surface area contributed by atoms with E-state index >= 15 is 0 Å².